The first-order valence-electron chi connectivity index (χ1n) is 27.5. The maximum atomic E-state index is 13.8. The number of hydrogen-bond donors (Lipinski definition) is 15. The average molecular weight is 1530 g/mol. The summed E-state index contributed by atoms with van der Waals surface area (Å²) in [7, 11) is 0. The van der Waals surface area contributed by atoms with E-state index in [-0.39, 0.29) is 102 Å². The minimum Gasteiger partial charge on any atom is -2.00 e. The molecule has 0 aromatic heterocycles. The van der Waals surface area contributed by atoms with Gasteiger partial charge in [0.25, 0.3) is 0 Å². The molecule has 1 aromatic rings. The quantitative estimate of drug-likeness (QED) is 0.00749. The van der Waals surface area contributed by atoms with Crippen LogP contribution in [-0.2, 0) is 112 Å². The number of hydrogen-bond acceptors (Lipinski definition) is 28. The van der Waals surface area contributed by atoms with Crippen molar-refractivity contribution in [1.29, 1.82) is 0 Å². The smallest absolute Gasteiger partial charge is 1.00 e. The van der Waals surface area contributed by atoms with E-state index in [4.69, 9.17) is 24.1 Å². The molecule has 2 rings (SSSR count). The molecule has 0 aliphatic carbocycles. The molecule has 1 radical (unpaired) electrons. The van der Waals surface area contributed by atoms with Crippen LogP contribution in [0, 0.1) is 0 Å². The summed E-state index contributed by atoms with van der Waals surface area (Å²) in [5.41, 5.74) is 11.2. The SMILES string of the molecule is CC(=O)NCSC[C@H](NC(=O)CNC(=O)CNC(=O)[C@@H]1CSCC(=O)N[C@H](Cc2ccc(O)cc2)C(=O)N[C@@H](CSCCCN)C(=O)NCC(=O)N[C@@H](CC(=O)[O-])C(=O)N1)C(=O)NCC(=O)N[C@@H](CSCNC(C)=O)C([O-])=NCC([O-])=NCC([O-])=N[C@@H](C[S-])C(N)=O.[99Tc].[Na+].[O-2]. The van der Waals surface area contributed by atoms with Gasteiger partial charge in [0.05, 0.1) is 62.8 Å². The van der Waals surface area contributed by atoms with E-state index in [1.165, 1.54) is 49.9 Å². The number of nitrogens with one attached hydrogen (secondary N) is 12. The Kier molecular flexibility index (Phi) is 48.2. The monoisotopic (exact) mass is 1520 g/mol. The maximum Gasteiger partial charge on any atom is 1.00 e. The Morgan fingerprint density at radius 3 is 1.87 bits per heavy atom. The molecule has 17 N–H and O–H groups in total. The number of nitrogens with two attached hydrogens (primary N) is 2. The van der Waals surface area contributed by atoms with Crippen LogP contribution in [0.25, 0.3) is 0 Å². The second-order valence-corrected chi connectivity index (χ2v) is 23.8. The van der Waals surface area contributed by atoms with Gasteiger partial charge in [0.2, 0.25) is 76.8 Å². The molecule has 1 aliphatic rings. The number of aliphatic imine (C=N–C) groups is 3. The second-order valence-electron chi connectivity index (χ2n) is 19.2. The first-order chi connectivity index (χ1) is 43.6. The summed E-state index contributed by atoms with van der Waals surface area (Å²) in [5.74, 6) is -18.1. The summed E-state index contributed by atoms with van der Waals surface area (Å²) in [6.45, 7) is -2.35. The fourth-order valence-electron chi connectivity index (χ4n) is 6.98. The van der Waals surface area contributed by atoms with E-state index in [1.807, 2.05) is 0 Å². The van der Waals surface area contributed by atoms with Crippen molar-refractivity contribution in [1.82, 2.24) is 63.8 Å². The molecular weight excluding hydrogens is 1450 g/mol. The molecule has 7 atom stereocenters. The van der Waals surface area contributed by atoms with Gasteiger partial charge in [0, 0.05) is 75.8 Å². The van der Waals surface area contributed by atoms with Crippen LogP contribution in [0.2, 0.25) is 0 Å². The Morgan fingerprint density at radius 1 is 0.716 bits per heavy atom. The number of aliphatic carboxylic acids is 1. The Morgan fingerprint density at radius 2 is 1.28 bits per heavy atom. The topological polar surface area (TPSA) is 613 Å². The number of carbonyl (C=O) groups excluding carboxylic acids is 14. The summed E-state index contributed by atoms with van der Waals surface area (Å²) in [5, 5.41) is 87.2. The molecule has 13 amide bonds. The number of aromatic hydroxyl groups is 1. The van der Waals surface area contributed by atoms with Crippen molar-refractivity contribution in [2.75, 3.05) is 97.8 Å². The van der Waals surface area contributed by atoms with E-state index in [1.54, 1.807) is 0 Å². The summed E-state index contributed by atoms with van der Waals surface area (Å²) in [4.78, 5) is 190. The van der Waals surface area contributed by atoms with Crippen molar-refractivity contribution in [3.63, 3.8) is 0 Å². The number of phenolic OH excluding ortho intramolecular Hbond substituents is 1. The van der Waals surface area contributed by atoms with Crippen LogP contribution in [-0.4, -0.2) is 246 Å². The number of phenols is 1. The Labute approximate surface area is 602 Å². The van der Waals surface area contributed by atoms with E-state index < -0.39 is 200 Å². The third-order valence-electron chi connectivity index (χ3n) is 11.6. The van der Waals surface area contributed by atoms with Crippen LogP contribution < -0.4 is 125 Å². The Balaban J connectivity index is 0. The van der Waals surface area contributed by atoms with Crippen molar-refractivity contribution < 1.29 is 148 Å². The van der Waals surface area contributed by atoms with Crippen LogP contribution in [0.15, 0.2) is 39.2 Å². The summed E-state index contributed by atoms with van der Waals surface area (Å²) >= 11 is 8.59. The molecule has 0 bridgehead atoms. The van der Waals surface area contributed by atoms with E-state index in [0.29, 0.717) is 24.3 Å². The van der Waals surface area contributed by atoms with E-state index >= 15 is 0 Å². The third-order valence-corrected chi connectivity index (χ3v) is 15.9. The molecule has 1 aromatic carbocycles. The van der Waals surface area contributed by atoms with Crippen LogP contribution >= 0.6 is 47.0 Å². The molecule has 525 valence electrons. The van der Waals surface area contributed by atoms with Gasteiger partial charge in [-0.2, -0.15) is 11.8 Å². The first kappa shape index (κ1) is 90.4. The predicted octanol–water partition coefficient (Wildman–Crippen LogP) is -15.5. The molecule has 95 heavy (non-hydrogen) atoms. The fraction of sp³-hybridized carbons (Fsp3) is 0.549. The van der Waals surface area contributed by atoms with E-state index in [2.05, 4.69) is 78.8 Å². The molecule has 0 unspecified atom stereocenters. The number of nitrogens with zero attached hydrogens (tertiary/aromatic N) is 3. The zero-order valence-corrected chi connectivity index (χ0v) is 59.3. The molecular formula is C51H72N17NaO20S5Tc-6. The number of rotatable bonds is 35. The standard InChI is InChI=1S/C51H77N17O19S5.Na.O.Tc/c1-26(69)60-24-91-21-33(46(82)56-12-37(72)54-14-39(74)64-32(18-88)45(53)81)66-42(77)17-58-47(83)34(22-92-25-61-27(2)70)65-40(75)15-55-38(73)13-57-49(85)36-20-90-23-43(78)63-30(10-28-4-6-29(71)7-5-28)50(86)67-35(19-89-9-3-8-52)48(84)59-16-41(76)62-31(11-44(79)80)51(87)68-36;;;/h4-7,30-36,71,88H,3,8-25,52H2,1-2H3,(H2,53,81)(H,54,72)(H,55,73)(H,56,82)(H,57,85)(H,58,83)(H,59,84)(H,60,69)(H,61,70)(H,62,76)(H,63,78)(H,64,74)(H,65,75)(H,66,77)(H,67,86)(H,68,87)(H,79,80);;;/q;+1;-2;/p-5/t30-,31+,32+,33+,34+,35+,36+;;;/m1.../s1/i;;;1+1. The molecule has 1 heterocycles. The van der Waals surface area contributed by atoms with Crippen LogP contribution in [0.3, 0.4) is 0 Å². The average Bonchev–Trinajstić information content (AvgIpc) is 0.929. The summed E-state index contributed by atoms with van der Waals surface area (Å²) in [6.07, 6.45) is -0.722. The number of carboxylic acid groups (broad SMARTS) is 1. The Hall–Kier alpha value is -6.67. The van der Waals surface area contributed by atoms with Crippen molar-refractivity contribution in [2.45, 2.75) is 75.4 Å². The molecule has 37 nitrogen and oxygen atoms in total. The number of benzene rings is 1. The third kappa shape index (κ3) is 40.5. The molecule has 1 saturated heterocycles. The van der Waals surface area contributed by atoms with Gasteiger partial charge in [-0.05, 0) is 54.1 Å². The second kappa shape index (κ2) is 50.7. The molecule has 1 aliphatic heterocycles. The van der Waals surface area contributed by atoms with Gasteiger partial charge in [0.15, 0.2) is 0 Å². The zero-order chi connectivity index (χ0) is 68.7. The van der Waals surface area contributed by atoms with Crippen molar-refractivity contribution >= 4 is 160 Å². The molecule has 1 fully saturated rings. The van der Waals surface area contributed by atoms with Crippen LogP contribution in [0.4, 0.5) is 0 Å². The van der Waals surface area contributed by atoms with Gasteiger partial charge < -0.3 is 124 Å². The molecule has 0 saturated carbocycles. The number of carboxylic acids is 1. The number of primary amides is 1. The van der Waals surface area contributed by atoms with Gasteiger partial charge >= 0.3 is 29.6 Å². The van der Waals surface area contributed by atoms with Crippen molar-refractivity contribution in [3.8, 4) is 5.75 Å². The number of carbonyl (C=O) groups is 14. The number of thioether (sulfide) groups is 4. The van der Waals surface area contributed by atoms with E-state index in [0.717, 1.165) is 35.3 Å². The largest absolute Gasteiger partial charge is 2.00 e. The van der Waals surface area contributed by atoms with Crippen LogP contribution in [0.1, 0.15) is 32.3 Å². The minimum atomic E-state index is -1.92. The van der Waals surface area contributed by atoms with Crippen molar-refractivity contribution in [2.24, 2.45) is 26.4 Å². The normalized spacial score (nSPS) is 17.6. The van der Waals surface area contributed by atoms with Gasteiger partial charge in [-0.3, -0.25) is 77.3 Å². The first-order valence-corrected chi connectivity index (χ1v) is 32.7. The fourth-order valence-corrected chi connectivity index (χ4v) is 10.9. The van der Waals surface area contributed by atoms with Gasteiger partial charge in [-0.25, -0.2) is 0 Å². The molecule has 44 heteroatoms. The summed E-state index contributed by atoms with van der Waals surface area (Å²) in [6, 6.07) is -4.81. The summed E-state index contributed by atoms with van der Waals surface area (Å²) < 4.78 is 0. The number of amides is 13. The van der Waals surface area contributed by atoms with Gasteiger partial charge in [-0.1, -0.05) is 12.1 Å². The Bertz CT molecular complexity index is 2860. The van der Waals surface area contributed by atoms with Crippen molar-refractivity contribution in [3.05, 3.63) is 29.8 Å². The van der Waals surface area contributed by atoms with Crippen LogP contribution in [0.5, 0.6) is 5.75 Å². The molecule has 0 spiro atoms. The van der Waals surface area contributed by atoms with Gasteiger partial charge in [-0.15, -0.1) is 41.0 Å². The zero-order valence-electron chi connectivity index (χ0n) is 51.4. The maximum absolute atomic E-state index is 13.8. The van der Waals surface area contributed by atoms with E-state index in [9.17, 15) is 92.7 Å². The van der Waals surface area contributed by atoms with Gasteiger partial charge in [0.1, 0.15) is 42.0 Å². The predicted molar refractivity (Wildman–Crippen MR) is 334 cm³/mol. The minimum absolute atomic E-state index is 0.